The largest absolute Gasteiger partial charge is 0.285 e. The first-order valence-electron chi connectivity index (χ1n) is 3.68. The third kappa shape index (κ3) is 1.44. The predicted molar refractivity (Wildman–Crippen MR) is 44.1 cm³/mol. The van der Waals surface area contributed by atoms with Gasteiger partial charge in [-0.1, -0.05) is 0 Å². The fourth-order valence-electron chi connectivity index (χ4n) is 0.949. The maximum absolute atomic E-state index is 11.5. The van der Waals surface area contributed by atoms with Gasteiger partial charge in [0, 0.05) is 18.0 Å². The van der Waals surface area contributed by atoms with Gasteiger partial charge in [-0.25, -0.2) is 4.98 Å². The number of ketones is 1. The fraction of sp³-hybridized carbons (Fsp3) is 0. The summed E-state index contributed by atoms with van der Waals surface area (Å²) in [4.78, 5) is 19.1. The van der Waals surface area contributed by atoms with Crippen LogP contribution in [-0.2, 0) is 0 Å². The molecule has 0 aliphatic heterocycles. The number of aromatic amines is 1. The topological polar surface area (TPSA) is 71.5 Å². The predicted octanol–water partition coefficient (Wildman–Crippen LogP) is 0.431. The first kappa shape index (κ1) is 7.60. The van der Waals surface area contributed by atoms with Crippen LogP contribution in [0.2, 0.25) is 0 Å². The van der Waals surface area contributed by atoms with E-state index in [0.717, 1.165) is 0 Å². The molecule has 0 fully saturated rings. The average Bonchev–Trinajstić information content (AvgIpc) is 2.71. The van der Waals surface area contributed by atoms with Gasteiger partial charge in [0.05, 0.1) is 0 Å². The van der Waals surface area contributed by atoms with E-state index in [1.165, 1.54) is 12.5 Å². The van der Waals surface area contributed by atoms with Gasteiger partial charge in [-0.3, -0.25) is 14.9 Å². The van der Waals surface area contributed by atoms with Gasteiger partial charge in [-0.05, 0) is 12.1 Å². The van der Waals surface area contributed by atoms with Crippen molar-refractivity contribution in [2.24, 2.45) is 0 Å². The van der Waals surface area contributed by atoms with Gasteiger partial charge in [0.2, 0.25) is 5.78 Å². The smallest absolute Gasteiger partial charge is 0.231 e. The number of carbonyl (C=O) groups excluding carboxylic acids is 1. The number of pyridine rings is 1. The monoisotopic (exact) mass is 174 g/mol. The van der Waals surface area contributed by atoms with Gasteiger partial charge in [0.15, 0.2) is 5.82 Å². The Morgan fingerprint density at radius 3 is 3.00 bits per heavy atom. The molecule has 0 unspecified atom stereocenters. The third-order valence-electron chi connectivity index (χ3n) is 1.55. The molecule has 5 nitrogen and oxygen atoms in total. The Kier molecular flexibility index (Phi) is 1.84. The lowest BCUT2D eigenvalue weighted by atomic mass is 10.2. The molecule has 2 aromatic rings. The van der Waals surface area contributed by atoms with Crippen molar-refractivity contribution in [3.8, 4) is 0 Å². The van der Waals surface area contributed by atoms with Crippen LogP contribution in [0, 0.1) is 0 Å². The van der Waals surface area contributed by atoms with Crippen molar-refractivity contribution in [1.82, 2.24) is 20.2 Å². The molecule has 2 rings (SSSR count). The van der Waals surface area contributed by atoms with Crippen LogP contribution in [-0.4, -0.2) is 25.9 Å². The minimum Gasteiger partial charge on any atom is -0.285 e. The Bertz CT molecular complexity index is 395. The van der Waals surface area contributed by atoms with E-state index >= 15 is 0 Å². The molecular weight excluding hydrogens is 168 g/mol. The van der Waals surface area contributed by atoms with E-state index in [-0.39, 0.29) is 11.6 Å². The number of nitrogens with zero attached hydrogens (tertiary/aromatic N) is 3. The number of rotatable bonds is 2. The van der Waals surface area contributed by atoms with Crippen LogP contribution in [0.25, 0.3) is 0 Å². The lowest BCUT2D eigenvalue weighted by Gasteiger charge is -1.93. The van der Waals surface area contributed by atoms with Gasteiger partial charge in [-0.2, -0.15) is 5.10 Å². The summed E-state index contributed by atoms with van der Waals surface area (Å²) in [6.07, 6.45) is 4.39. The van der Waals surface area contributed by atoms with Crippen LogP contribution in [0.1, 0.15) is 16.2 Å². The number of nitrogens with one attached hydrogen (secondary N) is 1. The summed E-state index contributed by atoms with van der Waals surface area (Å²) in [6, 6.07) is 3.38. The Morgan fingerprint density at radius 2 is 2.38 bits per heavy atom. The molecule has 0 saturated carbocycles. The molecule has 0 radical (unpaired) electrons. The van der Waals surface area contributed by atoms with E-state index in [1.54, 1.807) is 18.3 Å². The van der Waals surface area contributed by atoms with Crippen molar-refractivity contribution >= 4 is 5.78 Å². The molecule has 0 amide bonds. The molecule has 0 aliphatic rings. The highest BCUT2D eigenvalue weighted by molar-refractivity contribution is 6.06. The molecule has 13 heavy (non-hydrogen) atoms. The van der Waals surface area contributed by atoms with Gasteiger partial charge in [0.1, 0.15) is 6.33 Å². The molecule has 64 valence electrons. The summed E-state index contributed by atoms with van der Waals surface area (Å²) >= 11 is 0. The summed E-state index contributed by atoms with van der Waals surface area (Å²) in [5, 5.41) is 6.09. The van der Waals surface area contributed by atoms with Crippen LogP contribution >= 0.6 is 0 Å². The van der Waals surface area contributed by atoms with Crippen LogP contribution < -0.4 is 0 Å². The summed E-state index contributed by atoms with van der Waals surface area (Å²) < 4.78 is 0. The molecule has 0 bridgehead atoms. The molecular formula is C8H6N4O. The second-order valence-corrected chi connectivity index (χ2v) is 2.40. The maximum Gasteiger partial charge on any atom is 0.231 e. The van der Waals surface area contributed by atoms with Crippen molar-refractivity contribution in [2.45, 2.75) is 0 Å². The second kappa shape index (κ2) is 3.14. The zero-order valence-corrected chi connectivity index (χ0v) is 6.64. The van der Waals surface area contributed by atoms with Crippen molar-refractivity contribution in [3.05, 3.63) is 42.2 Å². The number of H-pyrrole nitrogens is 1. The van der Waals surface area contributed by atoms with Gasteiger partial charge in [-0.15, -0.1) is 0 Å². The molecule has 0 saturated heterocycles. The fourth-order valence-corrected chi connectivity index (χ4v) is 0.949. The lowest BCUT2D eigenvalue weighted by Crippen LogP contribution is -2.03. The minimum atomic E-state index is -0.203. The molecule has 0 atom stereocenters. The molecule has 2 aromatic heterocycles. The standard InChI is InChI=1S/C8H6N4O/c13-7(8-10-5-11-12-8)6-2-1-3-9-4-6/h1-5H,(H,10,11,12). The zero-order chi connectivity index (χ0) is 9.10. The van der Waals surface area contributed by atoms with Crippen molar-refractivity contribution in [1.29, 1.82) is 0 Å². The van der Waals surface area contributed by atoms with Crippen LogP contribution in [0.4, 0.5) is 0 Å². The molecule has 5 heteroatoms. The molecule has 0 spiro atoms. The van der Waals surface area contributed by atoms with Crippen LogP contribution in [0.3, 0.4) is 0 Å². The highest BCUT2D eigenvalue weighted by Gasteiger charge is 2.10. The van der Waals surface area contributed by atoms with Crippen molar-refractivity contribution < 1.29 is 4.79 Å². The Balaban J connectivity index is 2.34. The van der Waals surface area contributed by atoms with E-state index in [1.807, 2.05) is 0 Å². The first-order chi connectivity index (χ1) is 6.38. The van der Waals surface area contributed by atoms with Gasteiger partial charge < -0.3 is 0 Å². The van der Waals surface area contributed by atoms with Gasteiger partial charge in [0.25, 0.3) is 0 Å². The summed E-state index contributed by atoms with van der Waals surface area (Å²) in [6.45, 7) is 0. The summed E-state index contributed by atoms with van der Waals surface area (Å²) in [5.74, 6) is 0.0265. The van der Waals surface area contributed by atoms with E-state index < -0.39 is 0 Å². The summed E-state index contributed by atoms with van der Waals surface area (Å²) in [5.41, 5.74) is 0.499. The van der Waals surface area contributed by atoms with E-state index in [0.29, 0.717) is 5.56 Å². The molecule has 1 N–H and O–H groups in total. The maximum atomic E-state index is 11.5. The van der Waals surface area contributed by atoms with Crippen molar-refractivity contribution in [2.75, 3.05) is 0 Å². The number of hydrogen-bond acceptors (Lipinski definition) is 4. The number of hydrogen-bond donors (Lipinski definition) is 1. The Hall–Kier alpha value is -2.04. The molecule has 0 aromatic carbocycles. The highest BCUT2D eigenvalue weighted by atomic mass is 16.1. The minimum absolute atomic E-state index is 0.203. The Labute approximate surface area is 73.9 Å². The normalized spacial score (nSPS) is 9.85. The van der Waals surface area contributed by atoms with E-state index in [4.69, 9.17) is 0 Å². The lowest BCUT2D eigenvalue weighted by molar-refractivity contribution is 0.102. The third-order valence-corrected chi connectivity index (χ3v) is 1.55. The van der Waals surface area contributed by atoms with Crippen molar-refractivity contribution in [3.63, 3.8) is 0 Å². The van der Waals surface area contributed by atoms with E-state index in [2.05, 4.69) is 20.2 Å². The Morgan fingerprint density at radius 1 is 1.46 bits per heavy atom. The molecule has 0 aliphatic carbocycles. The highest BCUT2D eigenvalue weighted by Crippen LogP contribution is 2.01. The second-order valence-electron chi connectivity index (χ2n) is 2.40. The van der Waals surface area contributed by atoms with Crippen LogP contribution in [0.5, 0.6) is 0 Å². The SMILES string of the molecule is O=C(c1cccnc1)c1ncn[nH]1. The number of carbonyl (C=O) groups is 1. The van der Waals surface area contributed by atoms with Gasteiger partial charge >= 0.3 is 0 Å². The van der Waals surface area contributed by atoms with Crippen LogP contribution in [0.15, 0.2) is 30.9 Å². The van der Waals surface area contributed by atoms with E-state index in [9.17, 15) is 4.79 Å². The number of aromatic nitrogens is 4. The zero-order valence-electron chi connectivity index (χ0n) is 6.64. The first-order valence-corrected chi connectivity index (χ1v) is 3.68. The average molecular weight is 174 g/mol. The molecule has 2 heterocycles. The quantitative estimate of drug-likeness (QED) is 0.670. The summed E-state index contributed by atoms with van der Waals surface area (Å²) in [7, 11) is 0.